The number of nitrogens with zero attached hydrogens (tertiary/aromatic N) is 1. The molecule has 1 aliphatic rings. The topological polar surface area (TPSA) is 32.3 Å². The van der Waals surface area contributed by atoms with E-state index in [1.54, 1.807) is 12.1 Å². The van der Waals surface area contributed by atoms with Gasteiger partial charge >= 0.3 is 0 Å². The van der Waals surface area contributed by atoms with Crippen molar-refractivity contribution in [2.75, 3.05) is 19.6 Å². The number of hydrogen-bond donors (Lipinski definition) is 1. The van der Waals surface area contributed by atoms with Crippen LogP contribution in [0.5, 0.6) is 0 Å². The molecule has 1 heterocycles. The number of halogens is 1. The van der Waals surface area contributed by atoms with E-state index in [1.165, 1.54) is 12.1 Å². The Morgan fingerprint density at radius 2 is 2.11 bits per heavy atom. The van der Waals surface area contributed by atoms with Crippen molar-refractivity contribution in [3.63, 3.8) is 0 Å². The van der Waals surface area contributed by atoms with E-state index < -0.39 is 0 Å². The molecule has 1 aromatic carbocycles. The van der Waals surface area contributed by atoms with Crippen LogP contribution in [0, 0.1) is 11.7 Å². The van der Waals surface area contributed by atoms with Gasteiger partial charge in [-0.2, -0.15) is 0 Å². The van der Waals surface area contributed by atoms with Gasteiger partial charge in [-0.1, -0.05) is 26.0 Å². The fraction of sp³-hybridized carbons (Fsp3) is 0.533. The molecule has 1 atom stereocenters. The molecule has 1 N–H and O–H groups in total. The van der Waals surface area contributed by atoms with Crippen molar-refractivity contribution in [3.8, 4) is 0 Å². The molecule has 104 valence electrons. The molecule has 1 aromatic rings. The number of benzene rings is 1. The highest BCUT2D eigenvalue weighted by atomic mass is 19.1. The summed E-state index contributed by atoms with van der Waals surface area (Å²) in [7, 11) is 0. The number of carbonyl (C=O) groups is 1. The van der Waals surface area contributed by atoms with Crippen LogP contribution in [0.25, 0.3) is 0 Å². The molecule has 3 nitrogen and oxygen atoms in total. The molecule has 1 saturated heterocycles. The van der Waals surface area contributed by atoms with Crippen molar-refractivity contribution in [1.29, 1.82) is 0 Å². The van der Waals surface area contributed by atoms with Crippen molar-refractivity contribution in [2.45, 2.75) is 26.3 Å². The van der Waals surface area contributed by atoms with Gasteiger partial charge in [0.1, 0.15) is 5.82 Å². The molecular weight excluding hydrogens is 243 g/mol. The third-order valence-electron chi connectivity index (χ3n) is 3.46. The van der Waals surface area contributed by atoms with E-state index in [0.29, 0.717) is 0 Å². The minimum absolute atomic E-state index is 0.0459. The third-order valence-corrected chi connectivity index (χ3v) is 3.46. The summed E-state index contributed by atoms with van der Waals surface area (Å²) >= 11 is 0. The molecule has 0 spiro atoms. The Morgan fingerprint density at radius 3 is 2.74 bits per heavy atom. The minimum atomic E-state index is -0.211. The Balaban J connectivity index is 1.94. The highest BCUT2D eigenvalue weighted by molar-refractivity contribution is 5.78. The zero-order valence-corrected chi connectivity index (χ0v) is 11.5. The zero-order chi connectivity index (χ0) is 13.8. The Kier molecular flexibility index (Phi) is 4.53. The van der Waals surface area contributed by atoms with E-state index in [9.17, 15) is 9.18 Å². The second-order valence-electron chi connectivity index (χ2n) is 5.42. The number of amides is 1. The van der Waals surface area contributed by atoms with Crippen molar-refractivity contribution in [3.05, 3.63) is 35.6 Å². The molecular formula is C15H21FN2O. The van der Waals surface area contributed by atoms with Crippen molar-refractivity contribution >= 4 is 5.91 Å². The SMILES string of the molecule is CC(C)C(=O)N1CCNC(Cc2ccc(F)cc2)C1. The quantitative estimate of drug-likeness (QED) is 0.903. The zero-order valence-electron chi connectivity index (χ0n) is 11.5. The van der Waals surface area contributed by atoms with Crippen molar-refractivity contribution in [2.24, 2.45) is 5.92 Å². The van der Waals surface area contributed by atoms with E-state index in [4.69, 9.17) is 0 Å². The Hall–Kier alpha value is -1.42. The van der Waals surface area contributed by atoms with Gasteiger partial charge in [-0.25, -0.2) is 4.39 Å². The number of nitrogens with one attached hydrogen (secondary N) is 1. The first kappa shape index (κ1) is 14.0. The van der Waals surface area contributed by atoms with E-state index >= 15 is 0 Å². The first-order valence-electron chi connectivity index (χ1n) is 6.83. The summed E-state index contributed by atoms with van der Waals surface area (Å²) in [6.45, 7) is 6.19. The molecule has 0 aliphatic carbocycles. The smallest absolute Gasteiger partial charge is 0.225 e. The number of hydrogen-bond acceptors (Lipinski definition) is 2. The second kappa shape index (κ2) is 6.15. The Morgan fingerprint density at radius 1 is 1.42 bits per heavy atom. The van der Waals surface area contributed by atoms with Gasteiger partial charge in [0.25, 0.3) is 0 Å². The lowest BCUT2D eigenvalue weighted by Gasteiger charge is -2.34. The average Bonchev–Trinajstić information content (AvgIpc) is 2.41. The van der Waals surface area contributed by atoms with E-state index in [1.807, 2.05) is 18.7 Å². The maximum atomic E-state index is 12.9. The molecule has 0 bridgehead atoms. The summed E-state index contributed by atoms with van der Waals surface area (Å²) < 4.78 is 12.9. The average molecular weight is 264 g/mol. The predicted molar refractivity (Wildman–Crippen MR) is 73.3 cm³/mol. The molecule has 1 amide bonds. The maximum Gasteiger partial charge on any atom is 0.225 e. The van der Waals surface area contributed by atoms with E-state index in [-0.39, 0.29) is 23.7 Å². The maximum absolute atomic E-state index is 12.9. The molecule has 0 aromatic heterocycles. The monoisotopic (exact) mass is 264 g/mol. The highest BCUT2D eigenvalue weighted by Gasteiger charge is 2.24. The van der Waals surface area contributed by atoms with Crippen LogP contribution in [0.15, 0.2) is 24.3 Å². The first-order chi connectivity index (χ1) is 9.06. The first-order valence-corrected chi connectivity index (χ1v) is 6.83. The third kappa shape index (κ3) is 3.77. The summed E-state index contributed by atoms with van der Waals surface area (Å²) in [6.07, 6.45) is 0.822. The van der Waals surface area contributed by atoms with Gasteiger partial charge < -0.3 is 10.2 Å². The van der Waals surface area contributed by atoms with Crippen LogP contribution >= 0.6 is 0 Å². The van der Waals surface area contributed by atoms with Crippen LogP contribution in [0.1, 0.15) is 19.4 Å². The van der Waals surface area contributed by atoms with Gasteiger partial charge in [0.05, 0.1) is 0 Å². The van der Waals surface area contributed by atoms with Crippen LogP contribution in [0.3, 0.4) is 0 Å². The lowest BCUT2D eigenvalue weighted by atomic mass is 10.0. The molecule has 4 heteroatoms. The van der Waals surface area contributed by atoms with Crippen LogP contribution in [-0.2, 0) is 11.2 Å². The number of rotatable bonds is 3. The molecule has 0 radical (unpaired) electrons. The van der Waals surface area contributed by atoms with Crippen molar-refractivity contribution in [1.82, 2.24) is 10.2 Å². The van der Waals surface area contributed by atoms with Crippen molar-refractivity contribution < 1.29 is 9.18 Å². The molecule has 19 heavy (non-hydrogen) atoms. The Labute approximate surface area is 113 Å². The second-order valence-corrected chi connectivity index (χ2v) is 5.42. The fourth-order valence-corrected chi connectivity index (χ4v) is 2.43. The summed E-state index contributed by atoms with van der Waals surface area (Å²) in [5, 5.41) is 3.42. The molecule has 1 aliphatic heterocycles. The van der Waals surface area contributed by atoms with Crippen LogP contribution in [0.2, 0.25) is 0 Å². The van der Waals surface area contributed by atoms with Crippen LogP contribution in [-0.4, -0.2) is 36.5 Å². The molecule has 1 unspecified atom stereocenters. The van der Waals surface area contributed by atoms with Crippen LogP contribution < -0.4 is 5.32 Å². The highest BCUT2D eigenvalue weighted by Crippen LogP contribution is 2.11. The number of piperazine rings is 1. The van der Waals surface area contributed by atoms with E-state index in [2.05, 4.69) is 5.32 Å². The van der Waals surface area contributed by atoms with Gasteiger partial charge in [-0.15, -0.1) is 0 Å². The van der Waals surface area contributed by atoms with Gasteiger partial charge in [0, 0.05) is 31.6 Å². The summed E-state index contributed by atoms with van der Waals surface area (Å²) in [4.78, 5) is 13.9. The normalized spacial score (nSPS) is 19.8. The van der Waals surface area contributed by atoms with Crippen LogP contribution in [0.4, 0.5) is 4.39 Å². The molecule has 0 saturated carbocycles. The molecule has 2 rings (SSSR count). The van der Waals surface area contributed by atoms with Gasteiger partial charge in [0.15, 0.2) is 0 Å². The largest absolute Gasteiger partial charge is 0.340 e. The molecule has 1 fully saturated rings. The Bertz CT molecular complexity index is 430. The fourth-order valence-electron chi connectivity index (χ4n) is 2.43. The standard InChI is InChI=1S/C15H21FN2O/c1-11(2)15(19)18-8-7-17-14(10-18)9-12-3-5-13(16)6-4-12/h3-6,11,14,17H,7-10H2,1-2H3. The summed E-state index contributed by atoms with van der Waals surface area (Å²) in [5.41, 5.74) is 1.10. The van der Waals surface area contributed by atoms with Gasteiger partial charge in [0.2, 0.25) is 5.91 Å². The van der Waals surface area contributed by atoms with Gasteiger partial charge in [-0.3, -0.25) is 4.79 Å². The van der Waals surface area contributed by atoms with Gasteiger partial charge in [-0.05, 0) is 24.1 Å². The lowest BCUT2D eigenvalue weighted by molar-refractivity contribution is -0.135. The number of carbonyl (C=O) groups excluding carboxylic acids is 1. The van der Waals surface area contributed by atoms with E-state index in [0.717, 1.165) is 31.6 Å². The lowest BCUT2D eigenvalue weighted by Crippen LogP contribution is -2.54. The predicted octanol–water partition coefficient (Wildman–Crippen LogP) is 1.82. The minimum Gasteiger partial charge on any atom is -0.340 e. The summed E-state index contributed by atoms with van der Waals surface area (Å²) in [6, 6.07) is 6.83. The summed E-state index contributed by atoms with van der Waals surface area (Å²) in [5.74, 6) is 0.0483.